The van der Waals surface area contributed by atoms with E-state index in [2.05, 4.69) is 30.2 Å². The summed E-state index contributed by atoms with van der Waals surface area (Å²) in [7, 11) is 0. The van der Waals surface area contributed by atoms with Crippen molar-refractivity contribution in [3.63, 3.8) is 0 Å². The molecule has 2 fully saturated rings. The maximum Gasteiger partial charge on any atom is 0.251 e. The zero-order valence-corrected chi connectivity index (χ0v) is 26.9. The molecule has 4 aromatic rings. The number of unbranched alkanes of at least 4 members (excludes halogenated alkanes) is 1. The summed E-state index contributed by atoms with van der Waals surface area (Å²) >= 11 is 6.16. The van der Waals surface area contributed by atoms with Crippen LogP contribution in [0.4, 0.5) is 10.2 Å². The van der Waals surface area contributed by atoms with Gasteiger partial charge in [-0.2, -0.15) is 0 Å². The molecule has 2 saturated heterocycles. The second kappa shape index (κ2) is 14.5. The van der Waals surface area contributed by atoms with Crippen molar-refractivity contribution in [3.05, 3.63) is 63.0 Å². The van der Waals surface area contributed by atoms with Crippen LogP contribution in [-0.2, 0) is 21.4 Å². The minimum Gasteiger partial charge on any atom is -0.462 e. The number of ether oxygens (including phenoxy) is 1. The molecule has 0 saturated carbocycles. The summed E-state index contributed by atoms with van der Waals surface area (Å²) in [6.45, 7) is 7.56. The molecule has 2 aliphatic heterocycles. The van der Waals surface area contributed by atoms with Crippen molar-refractivity contribution < 1.29 is 23.4 Å². The normalized spacial score (nSPS) is 19.7. The first-order valence-electron chi connectivity index (χ1n) is 15.6. The van der Waals surface area contributed by atoms with Crippen molar-refractivity contribution in [3.8, 4) is 12.5 Å². The number of aliphatic hydroxyl groups excluding tert-OH is 1. The zero-order chi connectivity index (χ0) is 32.8. The molecule has 6 rings (SSSR count). The number of anilines is 1. The minimum atomic E-state index is -0.366. The van der Waals surface area contributed by atoms with E-state index in [0.29, 0.717) is 54.3 Å². The van der Waals surface area contributed by atoms with Crippen LogP contribution >= 0.6 is 11.6 Å². The van der Waals surface area contributed by atoms with E-state index in [0.717, 1.165) is 61.3 Å². The average molecular weight is 652 g/mol. The molecule has 2 atom stereocenters. The van der Waals surface area contributed by atoms with Crippen LogP contribution < -0.4 is 10.5 Å². The molecule has 0 aliphatic carbocycles. The van der Waals surface area contributed by atoms with E-state index in [-0.39, 0.29) is 35.2 Å². The Morgan fingerprint density at radius 1 is 1.26 bits per heavy atom. The Balaban J connectivity index is 0.00000134. The number of aromatic nitrogens is 3. The lowest BCUT2D eigenvalue weighted by Gasteiger charge is -2.44. The fourth-order valence-electron chi connectivity index (χ4n) is 6.38. The lowest BCUT2D eigenvalue weighted by molar-refractivity contribution is -0.139. The third kappa shape index (κ3) is 7.13. The van der Waals surface area contributed by atoms with Gasteiger partial charge in [0.2, 0.25) is 5.91 Å². The Bertz CT molecular complexity index is 1800. The fraction of sp³-hybridized carbons (Fsp3) is 0.471. The van der Waals surface area contributed by atoms with E-state index >= 15 is 0 Å². The molecule has 1 aromatic carbocycles. The number of pyridine rings is 1. The van der Waals surface area contributed by atoms with Gasteiger partial charge in [0.1, 0.15) is 35.5 Å². The summed E-state index contributed by atoms with van der Waals surface area (Å²) < 4.78 is 25.6. The third-order valence-electron chi connectivity index (χ3n) is 9.19. The second-order valence-electron chi connectivity index (χ2n) is 12.2. The molecule has 1 amide bonds. The molecule has 0 radical (unpaired) electrons. The molecule has 46 heavy (non-hydrogen) atoms. The summed E-state index contributed by atoms with van der Waals surface area (Å²) in [5.41, 5.74) is 1.98. The van der Waals surface area contributed by atoms with Crippen molar-refractivity contribution in [2.75, 3.05) is 44.3 Å². The number of terminal acetylenes is 1. The minimum absolute atomic E-state index is 0.0281. The van der Waals surface area contributed by atoms with E-state index in [1.165, 1.54) is 24.4 Å². The monoisotopic (exact) mass is 651 g/mol. The summed E-state index contributed by atoms with van der Waals surface area (Å²) in [5.74, 6) is 1.20. The molecule has 2 N–H and O–H groups in total. The maximum atomic E-state index is 13.8. The van der Waals surface area contributed by atoms with E-state index in [4.69, 9.17) is 35.8 Å². The maximum absolute atomic E-state index is 13.8. The first-order chi connectivity index (χ1) is 22.1. The largest absolute Gasteiger partial charge is 0.462 e. The van der Waals surface area contributed by atoms with Crippen LogP contribution in [0.15, 0.2) is 39.7 Å². The van der Waals surface area contributed by atoms with E-state index in [1.807, 2.05) is 4.90 Å². The number of hydrogen-bond acceptors (Lipinski definition) is 8. The number of nitrogens with one attached hydrogen (secondary N) is 1. The molecular formula is C34H39ClFN5O5. The summed E-state index contributed by atoms with van der Waals surface area (Å²) in [6, 6.07) is 6.28. The van der Waals surface area contributed by atoms with Crippen molar-refractivity contribution in [1.29, 1.82) is 0 Å². The standard InChI is InChI=1S/C32H37ClFN5O4.C2H2O/c1-20-18-39(13-10-32(20,2)24-15-21(33)17-35-31(24)41)27(40)19-42-14-6-3-7-26-36-28-23-9-8-22(34)16-25(23)43-29(28)30(37-26)38-11-4-5-12-38;1-2-3/h8-9,15-17,20H,3-7,10-14,18-19H2,1-2H3,(H,35,41);1,3H. The molecular weight excluding hydrogens is 613 g/mol. The Labute approximate surface area is 271 Å². The predicted molar refractivity (Wildman–Crippen MR) is 175 cm³/mol. The molecule has 3 aromatic heterocycles. The molecule has 10 nitrogen and oxygen atoms in total. The molecule has 2 aliphatic rings. The number of carbonyl (C=O) groups excluding carboxylic acids is 1. The zero-order valence-electron chi connectivity index (χ0n) is 26.2. The molecule has 244 valence electrons. The Morgan fingerprint density at radius 3 is 2.76 bits per heavy atom. The van der Waals surface area contributed by atoms with Crippen LogP contribution in [-0.4, -0.2) is 70.3 Å². The van der Waals surface area contributed by atoms with Crippen molar-refractivity contribution in [2.24, 2.45) is 5.92 Å². The van der Waals surface area contributed by atoms with Gasteiger partial charge in [-0.15, -0.1) is 0 Å². The van der Waals surface area contributed by atoms with Crippen LogP contribution in [0, 0.1) is 24.3 Å². The van der Waals surface area contributed by atoms with Gasteiger partial charge in [0, 0.05) is 67.8 Å². The molecule has 0 bridgehead atoms. The molecule has 12 heteroatoms. The smallest absolute Gasteiger partial charge is 0.251 e. The summed E-state index contributed by atoms with van der Waals surface area (Å²) in [5, 5.41) is 8.38. The first-order valence-corrected chi connectivity index (χ1v) is 16.0. The number of H-pyrrole nitrogens is 1. The highest BCUT2D eigenvalue weighted by molar-refractivity contribution is 6.30. The van der Waals surface area contributed by atoms with E-state index < -0.39 is 0 Å². The molecule has 5 heterocycles. The van der Waals surface area contributed by atoms with Gasteiger partial charge in [-0.1, -0.05) is 31.9 Å². The van der Waals surface area contributed by atoms with Gasteiger partial charge in [0.05, 0.1) is 5.02 Å². The van der Waals surface area contributed by atoms with Gasteiger partial charge in [-0.25, -0.2) is 14.4 Å². The average Bonchev–Trinajstić information content (AvgIpc) is 3.69. The number of aryl methyl sites for hydroxylation is 1. The van der Waals surface area contributed by atoms with Gasteiger partial charge in [-0.3, -0.25) is 9.59 Å². The number of aliphatic hydroxyl groups is 1. The van der Waals surface area contributed by atoms with E-state index in [1.54, 1.807) is 12.1 Å². The van der Waals surface area contributed by atoms with Crippen LogP contribution in [0.2, 0.25) is 5.02 Å². The number of piperidine rings is 1. The van der Waals surface area contributed by atoms with Crippen molar-refractivity contribution in [1.82, 2.24) is 19.9 Å². The van der Waals surface area contributed by atoms with Crippen LogP contribution in [0.1, 0.15) is 57.3 Å². The van der Waals surface area contributed by atoms with Crippen LogP contribution in [0.5, 0.6) is 0 Å². The number of halogens is 2. The number of hydrogen-bond donors (Lipinski definition) is 2. The third-order valence-corrected chi connectivity index (χ3v) is 9.41. The number of nitrogens with zero attached hydrogens (tertiary/aromatic N) is 4. The lowest BCUT2D eigenvalue weighted by atomic mass is 9.68. The van der Waals surface area contributed by atoms with Gasteiger partial charge < -0.3 is 29.0 Å². The fourth-order valence-corrected chi connectivity index (χ4v) is 6.55. The highest BCUT2D eigenvalue weighted by Crippen LogP contribution is 2.38. The van der Waals surface area contributed by atoms with Crippen molar-refractivity contribution >= 4 is 45.4 Å². The number of rotatable bonds is 9. The van der Waals surface area contributed by atoms with Crippen LogP contribution in [0.25, 0.3) is 22.1 Å². The Hall–Kier alpha value is -4.14. The number of carbonyl (C=O) groups is 1. The molecule has 0 spiro atoms. The molecule has 2 unspecified atom stereocenters. The number of furan rings is 1. The van der Waals surface area contributed by atoms with Gasteiger partial charge in [0.25, 0.3) is 5.56 Å². The van der Waals surface area contributed by atoms with Crippen LogP contribution in [0.3, 0.4) is 0 Å². The predicted octanol–water partition coefficient (Wildman–Crippen LogP) is 5.57. The topological polar surface area (TPSA) is 125 Å². The highest BCUT2D eigenvalue weighted by atomic mass is 35.5. The Kier molecular flexibility index (Phi) is 10.5. The Morgan fingerprint density at radius 2 is 2.02 bits per heavy atom. The van der Waals surface area contributed by atoms with Gasteiger partial charge in [-0.05, 0) is 56.2 Å². The number of amides is 1. The number of benzene rings is 1. The number of fused-ring (bicyclic) bond motifs is 3. The second-order valence-corrected chi connectivity index (χ2v) is 12.6. The van der Waals surface area contributed by atoms with E-state index in [9.17, 15) is 14.0 Å². The number of aromatic amines is 1. The SMILES string of the molecule is C#CO.CC1CN(C(=O)COCCCCc2nc(N3CCCC3)c3oc4cc(F)ccc4c3n2)CCC1(C)c1cc(Cl)c[nH]c1=O. The highest BCUT2D eigenvalue weighted by Gasteiger charge is 2.41. The summed E-state index contributed by atoms with van der Waals surface area (Å²) in [4.78, 5) is 41.8. The van der Waals surface area contributed by atoms with Gasteiger partial charge >= 0.3 is 0 Å². The van der Waals surface area contributed by atoms with Crippen molar-refractivity contribution in [2.45, 2.75) is 57.8 Å². The summed E-state index contributed by atoms with van der Waals surface area (Å²) in [6.07, 6.45) is 12.0. The van der Waals surface area contributed by atoms with Gasteiger partial charge in [0.15, 0.2) is 11.4 Å². The quantitative estimate of drug-likeness (QED) is 0.178. The number of likely N-dealkylation sites (tertiary alicyclic amines) is 1. The first kappa shape index (κ1) is 33.2. The lowest BCUT2D eigenvalue weighted by Crippen LogP contribution is -2.51.